The number of aliphatic hydroxyl groups is 4. The monoisotopic (exact) mass is 1350 g/mol. The van der Waals surface area contributed by atoms with Crippen molar-refractivity contribution in [3.05, 3.63) is 0 Å². The zero-order chi connectivity index (χ0) is 70.3. The van der Waals surface area contributed by atoms with Crippen LogP contribution in [0.15, 0.2) is 0 Å². The molecule has 12 rings (SSSR count). The highest BCUT2D eigenvalue weighted by Gasteiger charge is 2.70. The molecule has 12 fully saturated rings. The number of ether oxygens (including phenoxy) is 3. The third kappa shape index (κ3) is 12.9. The van der Waals surface area contributed by atoms with Crippen molar-refractivity contribution in [1.82, 2.24) is 0 Å². The Balaban J connectivity index is 0.000000157. The molecular weight excluding hydrogens is 1220 g/mol. The molecule has 96 heavy (non-hydrogen) atoms. The Hall–Kier alpha value is -2.62. The van der Waals surface area contributed by atoms with E-state index in [0.29, 0.717) is 122 Å². The summed E-state index contributed by atoms with van der Waals surface area (Å²) in [7, 11) is 4.35. The molecular formula is C81H131F3O12. The van der Waals surface area contributed by atoms with Crippen LogP contribution in [-0.2, 0) is 38.2 Å². The van der Waals surface area contributed by atoms with Gasteiger partial charge in [-0.25, -0.2) is 13.2 Å². The molecule has 4 N–H and O–H groups in total. The van der Waals surface area contributed by atoms with Crippen molar-refractivity contribution >= 4 is 29.5 Å². The standard InChI is InChI=1S/2C27H45FO4.C27H41FO4/c3*1-6-16-20-13-22(29)21(28)14-27(20,4)19-11-12-26(3)17(15(2)7-10-23(30)32-5)8-9-18(26)24(19)25(16)31/h2*15-22,24-25,29,31H,6-14H2,1-5H3;15-21,24H,6-14H2,1-5H3/t15-,16-,17-,18?,19?,20+,21+,22+,24?,25-,26-,27-;15-,16-,17-,18?,19?,20+,21+,22-,24?,25-,26-,27-;15-,16-,17-,18?,19?,20+,21+,24?,26-,27-/m111/s1. The molecule has 0 aromatic carbocycles. The second-order valence-electron chi connectivity index (χ2n) is 36.5. The first-order chi connectivity index (χ1) is 45.2. The summed E-state index contributed by atoms with van der Waals surface area (Å²) in [6, 6.07) is 0. The smallest absolute Gasteiger partial charge is 0.305 e. The first-order valence-electron chi connectivity index (χ1n) is 39.2. The molecule has 9 unspecified atom stereocenters. The zero-order valence-corrected chi connectivity index (χ0v) is 61.9. The number of rotatable bonds is 15. The average molecular weight is 1350 g/mol. The van der Waals surface area contributed by atoms with Crippen molar-refractivity contribution in [2.24, 2.45) is 157 Å². The lowest BCUT2D eigenvalue weighted by Gasteiger charge is -2.65. The minimum absolute atomic E-state index is 0.00119. The van der Waals surface area contributed by atoms with Gasteiger partial charge in [-0.1, -0.05) is 95.9 Å². The summed E-state index contributed by atoms with van der Waals surface area (Å²) in [6.45, 7) is 27.2. The van der Waals surface area contributed by atoms with Crippen LogP contribution in [0.1, 0.15) is 256 Å². The lowest BCUT2D eigenvalue weighted by Crippen LogP contribution is -2.63. The van der Waals surface area contributed by atoms with E-state index in [1.807, 2.05) is 0 Å². The van der Waals surface area contributed by atoms with Crippen molar-refractivity contribution in [2.45, 2.75) is 299 Å². The summed E-state index contributed by atoms with van der Waals surface area (Å²) in [4.78, 5) is 61.3. The Morgan fingerprint density at radius 2 is 0.792 bits per heavy atom. The zero-order valence-electron chi connectivity index (χ0n) is 61.9. The van der Waals surface area contributed by atoms with Gasteiger partial charge in [-0.3, -0.25) is 24.0 Å². The van der Waals surface area contributed by atoms with E-state index in [0.717, 1.165) is 116 Å². The van der Waals surface area contributed by atoms with Crippen LogP contribution in [0.3, 0.4) is 0 Å². The molecule has 0 spiro atoms. The fraction of sp³-hybridized carbons (Fsp3) is 0.938. The number of ketones is 2. The van der Waals surface area contributed by atoms with E-state index < -0.39 is 30.7 Å². The van der Waals surface area contributed by atoms with Gasteiger partial charge in [0.05, 0.1) is 45.7 Å². The highest BCUT2D eigenvalue weighted by atomic mass is 19.1. The Labute approximate surface area is 576 Å². The lowest BCUT2D eigenvalue weighted by molar-refractivity contribution is -0.213. The predicted molar refractivity (Wildman–Crippen MR) is 365 cm³/mol. The van der Waals surface area contributed by atoms with Gasteiger partial charge < -0.3 is 34.6 Å². The summed E-state index contributed by atoms with van der Waals surface area (Å²) in [5.74, 6) is 5.69. The number of esters is 3. The molecule has 12 saturated carbocycles. The molecule has 0 aromatic heterocycles. The molecule has 0 aromatic rings. The second-order valence-corrected chi connectivity index (χ2v) is 36.5. The number of fused-ring (bicyclic) bond motifs is 15. The fourth-order valence-corrected chi connectivity index (χ4v) is 28.3. The molecule has 0 aliphatic heterocycles. The predicted octanol–water partition coefficient (Wildman–Crippen LogP) is 15.9. The maximum Gasteiger partial charge on any atom is 0.305 e. The molecule has 0 heterocycles. The fourth-order valence-electron chi connectivity index (χ4n) is 28.3. The van der Waals surface area contributed by atoms with E-state index in [9.17, 15) is 57.6 Å². The van der Waals surface area contributed by atoms with Crippen LogP contribution in [0.5, 0.6) is 0 Å². The van der Waals surface area contributed by atoms with Crippen LogP contribution in [-0.4, -0.2) is 114 Å². The summed E-state index contributed by atoms with van der Waals surface area (Å²) >= 11 is 0. The molecule has 15 heteroatoms. The number of carbonyl (C=O) groups is 5. The second kappa shape index (κ2) is 29.3. The number of hydrogen-bond acceptors (Lipinski definition) is 12. The minimum Gasteiger partial charge on any atom is -0.469 e. The molecule has 12 nitrogen and oxygen atoms in total. The Bertz CT molecular complexity index is 2630. The summed E-state index contributed by atoms with van der Waals surface area (Å²) in [5.41, 5.74) is -0.112. The Kier molecular flexibility index (Phi) is 23.2. The van der Waals surface area contributed by atoms with Gasteiger partial charge in [0.25, 0.3) is 0 Å². The molecule has 0 saturated heterocycles. The van der Waals surface area contributed by atoms with Crippen molar-refractivity contribution < 1.29 is 71.8 Å². The van der Waals surface area contributed by atoms with Crippen molar-refractivity contribution in [2.75, 3.05) is 21.3 Å². The molecule has 12 aliphatic rings. The van der Waals surface area contributed by atoms with Crippen LogP contribution in [0, 0.1) is 157 Å². The number of Topliss-reactive ketones (excluding diaryl/α,β-unsaturated/α-hetero) is 2. The summed E-state index contributed by atoms with van der Waals surface area (Å²) in [5, 5.41) is 44.1. The number of halogens is 3. The van der Waals surface area contributed by atoms with E-state index >= 15 is 0 Å². The first-order valence-corrected chi connectivity index (χ1v) is 39.2. The number of carbonyl (C=O) groups excluding carboxylic acids is 5. The van der Waals surface area contributed by atoms with Gasteiger partial charge in [-0.05, 0) is 280 Å². The van der Waals surface area contributed by atoms with Gasteiger partial charge in [0.1, 0.15) is 18.1 Å². The highest BCUT2D eigenvalue weighted by Crippen LogP contribution is 2.73. The molecule has 0 bridgehead atoms. The highest BCUT2D eigenvalue weighted by molar-refractivity contribution is 5.89. The van der Waals surface area contributed by atoms with Crippen LogP contribution >= 0.6 is 0 Å². The third-order valence-corrected chi connectivity index (χ3v) is 33.1. The van der Waals surface area contributed by atoms with Crippen LogP contribution in [0.4, 0.5) is 13.2 Å². The lowest BCUT2D eigenvalue weighted by atomic mass is 9.41. The number of hydrogen-bond donors (Lipinski definition) is 4. The number of methoxy groups -OCH3 is 3. The van der Waals surface area contributed by atoms with Crippen LogP contribution in [0.2, 0.25) is 0 Å². The minimum atomic E-state index is -1.37. The van der Waals surface area contributed by atoms with E-state index in [4.69, 9.17) is 14.2 Å². The van der Waals surface area contributed by atoms with Gasteiger partial charge in [0, 0.05) is 37.5 Å². The number of aliphatic hydroxyl groups excluding tert-OH is 4. The SMILES string of the molecule is CC[C@H]1C(=O)C2C3CC[C@H]([C@H](C)CCC(=O)OC)[C@@]3(C)CCC2[C@@]2(C)C[C@H](F)C(=O)C[C@@H]12.CC[C@H]1[C@@H](O)C2C3CC[C@H]([C@H](C)CCC(=O)OC)[C@@]3(C)CCC2[C@@]2(C)C[C@H](F)[C@@H](O)C[C@@H]12.CC[C@H]1[C@@H](O)C2C3CC[C@H]([C@H](C)CCC(=O)OC)[C@@]3(C)CCC2[C@@]2(C)C[C@H](F)[C@H](O)C[C@@H]12. The van der Waals surface area contributed by atoms with E-state index in [1.54, 1.807) is 0 Å². The van der Waals surface area contributed by atoms with E-state index in [1.165, 1.54) is 21.3 Å². The van der Waals surface area contributed by atoms with Crippen molar-refractivity contribution in [3.63, 3.8) is 0 Å². The van der Waals surface area contributed by atoms with Crippen LogP contribution < -0.4 is 0 Å². The third-order valence-electron chi connectivity index (χ3n) is 33.1. The first kappa shape index (κ1) is 76.0. The largest absolute Gasteiger partial charge is 0.469 e. The van der Waals surface area contributed by atoms with Gasteiger partial charge in [-0.2, -0.15) is 0 Å². The molecule has 0 amide bonds. The topological polar surface area (TPSA) is 194 Å². The summed E-state index contributed by atoms with van der Waals surface area (Å²) < 4.78 is 58.9. The Morgan fingerprint density at radius 3 is 1.16 bits per heavy atom. The van der Waals surface area contributed by atoms with Gasteiger partial charge in [-0.15, -0.1) is 0 Å². The quantitative estimate of drug-likeness (QED) is 0.0897. The average Bonchev–Trinajstić information content (AvgIpc) is 1.19. The Morgan fingerprint density at radius 1 is 0.458 bits per heavy atom. The number of alkyl halides is 3. The molecule has 34 atom stereocenters. The maximum absolute atomic E-state index is 14.8. The van der Waals surface area contributed by atoms with Gasteiger partial charge in [0.15, 0.2) is 12.0 Å². The maximum atomic E-state index is 14.8. The summed E-state index contributed by atoms with van der Waals surface area (Å²) in [6.07, 6.45) is 15.7. The van der Waals surface area contributed by atoms with E-state index in [-0.39, 0.29) is 134 Å². The normalized spacial score (nSPS) is 49.8. The van der Waals surface area contributed by atoms with Crippen LogP contribution in [0.25, 0.3) is 0 Å². The molecule has 548 valence electrons. The van der Waals surface area contributed by atoms with Crippen molar-refractivity contribution in [1.29, 1.82) is 0 Å². The van der Waals surface area contributed by atoms with Gasteiger partial charge >= 0.3 is 17.9 Å². The van der Waals surface area contributed by atoms with Gasteiger partial charge in [0.2, 0.25) is 0 Å². The molecule has 0 radical (unpaired) electrons. The molecule has 12 aliphatic carbocycles. The van der Waals surface area contributed by atoms with E-state index in [2.05, 4.69) is 83.1 Å². The van der Waals surface area contributed by atoms with Crippen molar-refractivity contribution in [3.8, 4) is 0 Å².